The average Bonchev–Trinajstić information content (AvgIpc) is 2.72. The van der Waals surface area contributed by atoms with E-state index >= 15 is 0 Å². The van der Waals surface area contributed by atoms with Crippen molar-refractivity contribution >= 4 is 23.5 Å². The number of ether oxygens (including phenoxy) is 3. The normalized spacial score (nSPS) is 14.0. The monoisotopic (exact) mass is 376 g/mol. The fourth-order valence-corrected chi connectivity index (χ4v) is 2.90. The van der Waals surface area contributed by atoms with Gasteiger partial charge in [-0.05, 0) is 26.0 Å². The Kier molecular flexibility index (Phi) is 6.95. The Labute approximate surface area is 158 Å². The van der Waals surface area contributed by atoms with Crippen LogP contribution in [0.3, 0.4) is 0 Å². The highest BCUT2D eigenvalue weighted by Crippen LogP contribution is 2.30. The number of anilines is 1. The van der Waals surface area contributed by atoms with E-state index < -0.39 is 11.9 Å². The molecule has 27 heavy (non-hydrogen) atoms. The Hall–Kier alpha value is -2.87. The van der Waals surface area contributed by atoms with Gasteiger partial charge in [0.05, 0.1) is 37.7 Å². The maximum absolute atomic E-state index is 12.9. The van der Waals surface area contributed by atoms with Crippen molar-refractivity contribution in [3.05, 3.63) is 41.1 Å². The van der Waals surface area contributed by atoms with Crippen LogP contribution < -0.4 is 4.90 Å². The lowest BCUT2D eigenvalue weighted by Gasteiger charge is -2.33. The molecule has 146 valence electrons. The Bertz CT molecular complexity index is 754. The van der Waals surface area contributed by atoms with Gasteiger partial charge in [0, 0.05) is 13.1 Å². The van der Waals surface area contributed by atoms with Crippen LogP contribution in [0, 0.1) is 0 Å². The van der Waals surface area contributed by atoms with E-state index in [1.165, 1.54) is 19.1 Å². The zero-order chi connectivity index (χ0) is 20.0. The number of para-hydroxylation sites is 1. The third-order valence-corrected chi connectivity index (χ3v) is 4.31. The number of amides is 1. The van der Waals surface area contributed by atoms with Crippen LogP contribution in [0.25, 0.3) is 0 Å². The lowest BCUT2D eigenvalue weighted by atomic mass is 10.1. The molecule has 0 radical (unpaired) electrons. The molecule has 8 heteroatoms. The summed E-state index contributed by atoms with van der Waals surface area (Å²) in [4.78, 5) is 40.6. The molecule has 1 aromatic carbocycles. The molecule has 1 heterocycles. The summed E-state index contributed by atoms with van der Waals surface area (Å²) >= 11 is 0. The van der Waals surface area contributed by atoms with Crippen LogP contribution in [0.5, 0.6) is 0 Å². The number of hydrogen-bond donors (Lipinski definition) is 0. The first-order valence-electron chi connectivity index (χ1n) is 8.63. The molecule has 0 N–H and O–H groups in total. The van der Waals surface area contributed by atoms with Crippen LogP contribution >= 0.6 is 0 Å². The Balaban J connectivity index is 2.61. The van der Waals surface area contributed by atoms with Crippen LogP contribution in [0.1, 0.15) is 24.2 Å². The molecule has 0 saturated heterocycles. The van der Waals surface area contributed by atoms with Gasteiger partial charge in [-0.25, -0.2) is 9.59 Å². The van der Waals surface area contributed by atoms with Crippen molar-refractivity contribution in [2.45, 2.75) is 13.8 Å². The van der Waals surface area contributed by atoms with E-state index in [-0.39, 0.29) is 30.5 Å². The van der Waals surface area contributed by atoms with Crippen LogP contribution in [0.15, 0.2) is 35.5 Å². The van der Waals surface area contributed by atoms with Crippen molar-refractivity contribution in [1.82, 2.24) is 4.90 Å². The summed E-state index contributed by atoms with van der Waals surface area (Å²) in [5.74, 6) is -1.57. The highest BCUT2D eigenvalue weighted by Gasteiger charge is 2.34. The second-order valence-corrected chi connectivity index (χ2v) is 5.71. The van der Waals surface area contributed by atoms with Gasteiger partial charge in [-0.1, -0.05) is 12.1 Å². The van der Waals surface area contributed by atoms with Gasteiger partial charge in [-0.3, -0.25) is 4.79 Å². The maximum Gasteiger partial charge on any atom is 0.355 e. The second kappa shape index (κ2) is 9.18. The third-order valence-electron chi connectivity index (χ3n) is 4.31. The van der Waals surface area contributed by atoms with Crippen LogP contribution in [-0.2, 0) is 23.8 Å². The van der Waals surface area contributed by atoms with Gasteiger partial charge in [0.15, 0.2) is 0 Å². The molecular formula is C19H24N2O6. The molecule has 1 aliphatic heterocycles. The average molecular weight is 376 g/mol. The highest BCUT2D eigenvalue weighted by atomic mass is 16.5. The van der Waals surface area contributed by atoms with E-state index in [1.807, 2.05) is 13.8 Å². The largest absolute Gasteiger partial charge is 0.466 e. The number of benzene rings is 1. The molecular weight excluding hydrogens is 352 g/mol. The molecule has 2 rings (SSSR count). The van der Waals surface area contributed by atoms with Crippen molar-refractivity contribution < 1.29 is 28.6 Å². The maximum atomic E-state index is 12.9. The lowest BCUT2D eigenvalue weighted by Crippen LogP contribution is -2.40. The Morgan fingerprint density at radius 2 is 1.70 bits per heavy atom. The van der Waals surface area contributed by atoms with Crippen LogP contribution in [0.4, 0.5) is 5.69 Å². The number of esters is 2. The van der Waals surface area contributed by atoms with Gasteiger partial charge in [-0.15, -0.1) is 0 Å². The first-order chi connectivity index (χ1) is 13.0. The van der Waals surface area contributed by atoms with E-state index in [0.717, 1.165) is 0 Å². The smallest absolute Gasteiger partial charge is 0.355 e. The van der Waals surface area contributed by atoms with E-state index in [1.54, 1.807) is 29.2 Å². The molecule has 0 aliphatic carbocycles. The minimum atomic E-state index is -0.705. The molecule has 0 bridgehead atoms. The lowest BCUT2D eigenvalue weighted by molar-refractivity contribution is -0.140. The Morgan fingerprint density at radius 1 is 1.07 bits per heavy atom. The summed E-state index contributed by atoms with van der Waals surface area (Å²) in [5.41, 5.74) is 0.907. The second-order valence-electron chi connectivity index (χ2n) is 5.71. The summed E-state index contributed by atoms with van der Waals surface area (Å²) in [5, 5.41) is 0. The molecule has 0 fully saturated rings. The fraction of sp³-hybridized carbons (Fsp3) is 0.421. The molecule has 0 aromatic heterocycles. The zero-order valence-corrected chi connectivity index (χ0v) is 16.0. The van der Waals surface area contributed by atoms with Gasteiger partial charge in [0.1, 0.15) is 12.4 Å². The van der Waals surface area contributed by atoms with Crippen molar-refractivity contribution in [2.24, 2.45) is 0 Å². The minimum Gasteiger partial charge on any atom is -0.466 e. The third kappa shape index (κ3) is 4.11. The summed E-state index contributed by atoms with van der Waals surface area (Å²) < 4.78 is 15.1. The number of rotatable bonds is 6. The first-order valence-corrected chi connectivity index (χ1v) is 8.63. The molecule has 0 saturated carbocycles. The minimum absolute atomic E-state index is 0.00648. The SMILES string of the molecule is CCN(CC)C(=O)c1ccccc1N1COCC(C(=O)OC)=C1C(=O)OC. The zero-order valence-electron chi connectivity index (χ0n) is 16.0. The van der Waals surface area contributed by atoms with Gasteiger partial charge >= 0.3 is 11.9 Å². The molecule has 1 aromatic rings. The van der Waals surface area contributed by atoms with Gasteiger partial charge in [0.25, 0.3) is 5.91 Å². The summed E-state index contributed by atoms with van der Waals surface area (Å²) in [6.45, 7) is 4.79. The van der Waals surface area contributed by atoms with Gasteiger partial charge in [-0.2, -0.15) is 0 Å². The fourth-order valence-electron chi connectivity index (χ4n) is 2.90. The number of nitrogens with zero attached hydrogens (tertiary/aromatic N) is 2. The summed E-state index contributed by atoms with van der Waals surface area (Å²) in [6.07, 6.45) is 0. The molecule has 1 amide bonds. The predicted molar refractivity (Wildman–Crippen MR) is 98.0 cm³/mol. The number of hydrogen-bond acceptors (Lipinski definition) is 7. The van der Waals surface area contributed by atoms with Gasteiger partial charge in [0.2, 0.25) is 0 Å². The van der Waals surface area contributed by atoms with Crippen LogP contribution in [-0.4, -0.2) is 63.4 Å². The number of methoxy groups -OCH3 is 2. The van der Waals surface area contributed by atoms with E-state index in [9.17, 15) is 14.4 Å². The number of carbonyl (C=O) groups excluding carboxylic acids is 3. The van der Waals surface area contributed by atoms with Crippen molar-refractivity contribution in [3.8, 4) is 0 Å². The Morgan fingerprint density at radius 3 is 2.30 bits per heavy atom. The molecule has 0 spiro atoms. The first kappa shape index (κ1) is 20.4. The summed E-state index contributed by atoms with van der Waals surface area (Å²) in [7, 11) is 2.45. The van der Waals surface area contributed by atoms with E-state index in [0.29, 0.717) is 24.3 Å². The standard InChI is InChI=1S/C19H24N2O6/c1-5-20(6-2)17(22)13-9-7-8-10-15(13)21-12-27-11-14(18(23)25-3)16(21)19(24)26-4/h7-10H,5-6,11-12H2,1-4H3. The van der Waals surface area contributed by atoms with Crippen LogP contribution in [0.2, 0.25) is 0 Å². The van der Waals surface area contributed by atoms with Crippen molar-refractivity contribution in [2.75, 3.05) is 45.5 Å². The number of carbonyl (C=O) groups is 3. The van der Waals surface area contributed by atoms with Crippen molar-refractivity contribution in [1.29, 1.82) is 0 Å². The molecule has 0 atom stereocenters. The molecule has 8 nitrogen and oxygen atoms in total. The van der Waals surface area contributed by atoms with Crippen molar-refractivity contribution in [3.63, 3.8) is 0 Å². The quantitative estimate of drug-likeness (QED) is 0.697. The van der Waals surface area contributed by atoms with Gasteiger partial charge < -0.3 is 24.0 Å². The topological polar surface area (TPSA) is 85.4 Å². The van der Waals surface area contributed by atoms with E-state index in [2.05, 4.69) is 0 Å². The highest BCUT2D eigenvalue weighted by molar-refractivity contribution is 6.06. The summed E-state index contributed by atoms with van der Waals surface area (Å²) in [6, 6.07) is 6.87. The van der Waals surface area contributed by atoms with E-state index in [4.69, 9.17) is 14.2 Å². The molecule has 0 unspecified atom stereocenters. The molecule has 1 aliphatic rings. The predicted octanol–water partition coefficient (Wildman–Crippen LogP) is 1.56.